The Labute approximate surface area is 177 Å². The Kier molecular flexibility index (Phi) is 4.05. The number of ether oxygens (including phenoxy) is 1. The van der Waals surface area contributed by atoms with Gasteiger partial charge in [-0.15, -0.1) is 0 Å². The van der Waals surface area contributed by atoms with Crippen molar-refractivity contribution in [1.82, 2.24) is 34.5 Å². The Morgan fingerprint density at radius 1 is 1.06 bits per heavy atom. The molecule has 0 saturated heterocycles. The number of para-hydroxylation sites is 1. The fraction of sp³-hybridized carbons (Fsp3) is 0.227. The molecule has 1 aliphatic rings. The number of pyridine rings is 1. The molecule has 4 aromatic heterocycles. The van der Waals surface area contributed by atoms with Crippen molar-refractivity contribution in [2.45, 2.75) is 31.9 Å². The van der Waals surface area contributed by atoms with Gasteiger partial charge >= 0.3 is 0 Å². The van der Waals surface area contributed by atoms with E-state index in [0.29, 0.717) is 17.3 Å². The molecular formula is C22H20N8O. The lowest BCUT2D eigenvalue weighted by atomic mass is 10.2. The van der Waals surface area contributed by atoms with Crippen LogP contribution in [-0.2, 0) is 0 Å². The molecule has 1 fully saturated rings. The first-order chi connectivity index (χ1) is 15.3. The third kappa shape index (κ3) is 3.24. The van der Waals surface area contributed by atoms with Gasteiger partial charge in [0.1, 0.15) is 29.3 Å². The number of H-pyrrole nitrogens is 1. The van der Waals surface area contributed by atoms with Crippen molar-refractivity contribution < 1.29 is 4.74 Å². The number of hydrogen-bond donors (Lipinski definition) is 2. The topological polar surface area (TPSA) is 106 Å². The van der Waals surface area contributed by atoms with E-state index in [0.717, 1.165) is 41.0 Å². The van der Waals surface area contributed by atoms with Gasteiger partial charge in [-0.05, 0) is 38.0 Å². The third-order valence-electron chi connectivity index (χ3n) is 5.29. The molecule has 9 heteroatoms. The summed E-state index contributed by atoms with van der Waals surface area (Å²) in [7, 11) is 0. The second-order valence-electron chi connectivity index (χ2n) is 7.64. The van der Waals surface area contributed by atoms with Crippen LogP contribution in [0, 0.1) is 0 Å². The number of fused-ring (bicyclic) bond motifs is 2. The fourth-order valence-corrected chi connectivity index (χ4v) is 3.65. The highest BCUT2D eigenvalue weighted by molar-refractivity contribution is 5.82. The number of aromatic nitrogens is 7. The van der Waals surface area contributed by atoms with E-state index in [1.54, 1.807) is 6.33 Å². The standard InChI is InChI=1S/C22H20N8O/c1-13(27-20-18-19(24-11-23-18)25-12-26-20)21-28-16-9-10-17(31-15-7-8-15)29-22(16)30(21)14-5-3-2-4-6-14/h2-6,9-13,15H,7-8H2,1H3,(H2,23,24,25,26,27)/t13-/m0/s1. The van der Waals surface area contributed by atoms with Crippen LogP contribution in [0.25, 0.3) is 28.0 Å². The van der Waals surface area contributed by atoms with Gasteiger partial charge in [0.05, 0.1) is 12.4 Å². The monoisotopic (exact) mass is 412 g/mol. The summed E-state index contributed by atoms with van der Waals surface area (Å²) >= 11 is 0. The Hall–Kier alpha value is -4.01. The van der Waals surface area contributed by atoms with E-state index in [1.807, 2.05) is 49.4 Å². The summed E-state index contributed by atoms with van der Waals surface area (Å²) < 4.78 is 8.00. The van der Waals surface area contributed by atoms with E-state index >= 15 is 0 Å². The second-order valence-corrected chi connectivity index (χ2v) is 7.64. The Bertz CT molecular complexity index is 1370. The van der Waals surface area contributed by atoms with Crippen molar-refractivity contribution in [2.24, 2.45) is 0 Å². The van der Waals surface area contributed by atoms with Gasteiger partial charge in [-0.1, -0.05) is 18.2 Å². The number of aromatic amines is 1. The van der Waals surface area contributed by atoms with Crippen LogP contribution in [0.2, 0.25) is 0 Å². The first-order valence-electron chi connectivity index (χ1n) is 10.3. The number of rotatable bonds is 6. The maximum atomic E-state index is 5.93. The highest BCUT2D eigenvalue weighted by Gasteiger charge is 2.25. The number of nitrogens with one attached hydrogen (secondary N) is 2. The molecule has 0 spiro atoms. The number of anilines is 1. The van der Waals surface area contributed by atoms with Gasteiger partial charge in [0.2, 0.25) is 5.88 Å². The van der Waals surface area contributed by atoms with Gasteiger partial charge < -0.3 is 15.0 Å². The first-order valence-corrected chi connectivity index (χ1v) is 10.3. The lowest BCUT2D eigenvalue weighted by Gasteiger charge is -2.17. The van der Waals surface area contributed by atoms with Gasteiger partial charge in [0.15, 0.2) is 17.1 Å². The van der Waals surface area contributed by atoms with Gasteiger partial charge in [-0.3, -0.25) is 4.57 Å². The van der Waals surface area contributed by atoms with Crippen LogP contribution < -0.4 is 10.1 Å². The third-order valence-corrected chi connectivity index (χ3v) is 5.29. The van der Waals surface area contributed by atoms with Crippen LogP contribution in [-0.4, -0.2) is 40.6 Å². The maximum absolute atomic E-state index is 5.93. The molecule has 1 aliphatic carbocycles. The Morgan fingerprint density at radius 3 is 2.77 bits per heavy atom. The van der Waals surface area contributed by atoms with Gasteiger partial charge in [0, 0.05) is 11.8 Å². The van der Waals surface area contributed by atoms with Crippen molar-refractivity contribution in [2.75, 3.05) is 5.32 Å². The maximum Gasteiger partial charge on any atom is 0.215 e. The number of imidazole rings is 2. The molecule has 0 unspecified atom stereocenters. The van der Waals surface area contributed by atoms with Crippen LogP contribution in [0.3, 0.4) is 0 Å². The predicted octanol–water partition coefficient (Wildman–Crippen LogP) is 3.80. The molecule has 0 bridgehead atoms. The lowest BCUT2D eigenvalue weighted by Crippen LogP contribution is -2.14. The molecule has 4 heterocycles. The molecule has 6 rings (SSSR count). The van der Waals surface area contributed by atoms with E-state index in [2.05, 4.69) is 29.8 Å². The van der Waals surface area contributed by atoms with E-state index in [4.69, 9.17) is 14.7 Å². The second kappa shape index (κ2) is 7.05. The summed E-state index contributed by atoms with van der Waals surface area (Å²) in [5.41, 5.74) is 3.94. The first kappa shape index (κ1) is 17.8. The van der Waals surface area contributed by atoms with E-state index in [-0.39, 0.29) is 12.1 Å². The highest BCUT2D eigenvalue weighted by atomic mass is 16.5. The normalized spacial score (nSPS) is 14.7. The molecule has 0 amide bonds. The average Bonchev–Trinajstić information content (AvgIpc) is 3.33. The number of nitrogens with zero attached hydrogens (tertiary/aromatic N) is 6. The van der Waals surface area contributed by atoms with Crippen molar-refractivity contribution in [3.05, 3.63) is 60.9 Å². The fourth-order valence-electron chi connectivity index (χ4n) is 3.65. The minimum atomic E-state index is -0.163. The molecule has 9 nitrogen and oxygen atoms in total. The van der Waals surface area contributed by atoms with E-state index < -0.39 is 0 Å². The molecule has 31 heavy (non-hydrogen) atoms. The van der Waals surface area contributed by atoms with Crippen LogP contribution in [0.15, 0.2) is 55.1 Å². The smallest absolute Gasteiger partial charge is 0.215 e. The number of benzene rings is 1. The van der Waals surface area contributed by atoms with Crippen molar-refractivity contribution in [3.63, 3.8) is 0 Å². The summed E-state index contributed by atoms with van der Waals surface area (Å²) in [4.78, 5) is 25.6. The van der Waals surface area contributed by atoms with Gasteiger partial charge in [-0.25, -0.2) is 19.9 Å². The Balaban J connectivity index is 1.46. The van der Waals surface area contributed by atoms with Crippen LogP contribution in [0.5, 0.6) is 5.88 Å². The number of hydrogen-bond acceptors (Lipinski definition) is 7. The molecule has 1 aromatic carbocycles. The summed E-state index contributed by atoms with van der Waals surface area (Å²) in [6.07, 6.45) is 5.57. The molecule has 2 N–H and O–H groups in total. The van der Waals surface area contributed by atoms with Crippen LogP contribution >= 0.6 is 0 Å². The zero-order valence-corrected chi connectivity index (χ0v) is 16.9. The van der Waals surface area contributed by atoms with Gasteiger partial charge in [-0.2, -0.15) is 4.98 Å². The van der Waals surface area contributed by atoms with Crippen molar-refractivity contribution in [1.29, 1.82) is 0 Å². The zero-order chi connectivity index (χ0) is 20.8. The highest BCUT2D eigenvalue weighted by Crippen LogP contribution is 2.30. The van der Waals surface area contributed by atoms with Gasteiger partial charge in [0.25, 0.3) is 0 Å². The molecule has 1 atom stereocenters. The van der Waals surface area contributed by atoms with E-state index in [1.165, 1.54) is 6.33 Å². The molecule has 1 saturated carbocycles. The minimum Gasteiger partial charge on any atom is -0.474 e. The predicted molar refractivity (Wildman–Crippen MR) is 116 cm³/mol. The minimum absolute atomic E-state index is 0.163. The summed E-state index contributed by atoms with van der Waals surface area (Å²) in [6.45, 7) is 2.05. The van der Waals surface area contributed by atoms with E-state index in [9.17, 15) is 0 Å². The largest absolute Gasteiger partial charge is 0.474 e. The molecule has 0 radical (unpaired) electrons. The average molecular weight is 412 g/mol. The van der Waals surface area contributed by atoms with Crippen LogP contribution in [0.4, 0.5) is 5.82 Å². The summed E-state index contributed by atoms with van der Waals surface area (Å²) in [6, 6.07) is 13.8. The zero-order valence-electron chi connectivity index (χ0n) is 16.9. The molecule has 5 aromatic rings. The van der Waals surface area contributed by atoms with Crippen LogP contribution in [0.1, 0.15) is 31.6 Å². The Morgan fingerprint density at radius 2 is 1.94 bits per heavy atom. The van der Waals surface area contributed by atoms with Crippen molar-refractivity contribution >= 4 is 28.1 Å². The summed E-state index contributed by atoms with van der Waals surface area (Å²) in [5, 5.41) is 3.45. The summed E-state index contributed by atoms with van der Waals surface area (Å²) in [5.74, 6) is 2.13. The quantitative estimate of drug-likeness (QED) is 0.437. The molecular weight excluding hydrogens is 392 g/mol. The molecule has 0 aliphatic heterocycles. The molecule has 154 valence electrons. The SMILES string of the molecule is C[C@H](Nc1ncnc2nc[nH]c12)c1nc2ccc(OC3CC3)nc2n1-c1ccccc1. The lowest BCUT2D eigenvalue weighted by molar-refractivity contribution is 0.292. The van der Waals surface area contributed by atoms with Crippen molar-refractivity contribution in [3.8, 4) is 11.6 Å².